The van der Waals surface area contributed by atoms with Crippen LogP contribution in [0.3, 0.4) is 0 Å². The van der Waals surface area contributed by atoms with Gasteiger partial charge in [0.15, 0.2) is 5.78 Å². The zero-order valence-corrected chi connectivity index (χ0v) is 15.9. The number of fused-ring (bicyclic) bond motifs is 1. The van der Waals surface area contributed by atoms with Crippen molar-refractivity contribution < 1.29 is 9.53 Å². The van der Waals surface area contributed by atoms with Crippen LogP contribution in [0.1, 0.15) is 69.9 Å². The molecule has 3 rings (SSSR count). The van der Waals surface area contributed by atoms with Crippen LogP contribution >= 0.6 is 0 Å². The van der Waals surface area contributed by atoms with E-state index in [9.17, 15) is 4.79 Å². The minimum absolute atomic E-state index is 0.143. The molecular formula is C22H31NO2. The van der Waals surface area contributed by atoms with E-state index >= 15 is 0 Å². The van der Waals surface area contributed by atoms with Crippen LogP contribution in [-0.2, 0) is 11.2 Å². The summed E-state index contributed by atoms with van der Waals surface area (Å²) in [5.74, 6) is 1.25. The van der Waals surface area contributed by atoms with Crippen LogP contribution in [-0.4, -0.2) is 12.9 Å². The van der Waals surface area contributed by atoms with Crippen LogP contribution < -0.4 is 10.5 Å². The lowest BCUT2D eigenvalue weighted by Gasteiger charge is -2.34. The van der Waals surface area contributed by atoms with Gasteiger partial charge in [0.1, 0.15) is 5.75 Å². The Hall–Kier alpha value is -1.77. The van der Waals surface area contributed by atoms with Gasteiger partial charge in [0.05, 0.1) is 12.8 Å². The van der Waals surface area contributed by atoms with Crippen molar-refractivity contribution in [2.24, 2.45) is 11.3 Å². The predicted octanol–water partition coefficient (Wildman–Crippen LogP) is 5.17. The van der Waals surface area contributed by atoms with Gasteiger partial charge in [0.25, 0.3) is 0 Å². The minimum atomic E-state index is 0.143. The summed E-state index contributed by atoms with van der Waals surface area (Å²) in [5, 5.41) is 0. The van der Waals surface area contributed by atoms with E-state index in [1.165, 1.54) is 31.2 Å². The van der Waals surface area contributed by atoms with Crippen LogP contribution in [0.2, 0.25) is 0 Å². The number of carbonyl (C=O) groups is 1. The number of carbonyl (C=O) groups excluding carboxylic acids is 1. The van der Waals surface area contributed by atoms with Crippen LogP contribution in [0.15, 0.2) is 18.2 Å². The number of nitrogen functional groups attached to an aromatic ring is 1. The number of hydrogen-bond acceptors (Lipinski definition) is 3. The molecule has 0 unspecified atom stereocenters. The fraction of sp³-hybridized carbons (Fsp3) is 0.591. The van der Waals surface area contributed by atoms with Crippen LogP contribution in [0.5, 0.6) is 5.75 Å². The maximum Gasteiger partial charge on any atom is 0.159 e. The molecule has 0 aliphatic heterocycles. The van der Waals surface area contributed by atoms with Gasteiger partial charge < -0.3 is 10.5 Å². The van der Waals surface area contributed by atoms with E-state index in [0.717, 1.165) is 42.6 Å². The van der Waals surface area contributed by atoms with Crippen molar-refractivity contribution in [3.05, 3.63) is 29.3 Å². The zero-order chi connectivity index (χ0) is 18.0. The number of methoxy groups -OCH3 is 1. The molecule has 25 heavy (non-hydrogen) atoms. The fourth-order valence-electron chi connectivity index (χ4n) is 4.43. The van der Waals surface area contributed by atoms with Gasteiger partial charge in [-0.05, 0) is 66.0 Å². The Morgan fingerprint density at radius 1 is 1.16 bits per heavy atom. The molecule has 3 nitrogen and oxygen atoms in total. The number of rotatable bonds is 3. The van der Waals surface area contributed by atoms with Crippen molar-refractivity contribution in [2.75, 3.05) is 12.8 Å². The summed E-state index contributed by atoms with van der Waals surface area (Å²) < 4.78 is 5.39. The summed E-state index contributed by atoms with van der Waals surface area (Å²) in [7, 11) is 1.65. The minimum Gasteiger partial charge on any atom is -0.495 e. The first-order chi connectivity index (χ1) is 11.9. The van der Waals surface area contributed by atoms with Crippen molar-refractivity contribution in [2.45, 2.75) is 65.2 Å². The first-order valence-electron chi connectivity index (χ1n) is 9.61. The quantitative estimate of drug-likeness (QED) is 0.468. The van der Waals surface area contributed by atoms with Crippen molar-refractivity contribution in [3.63, 3.8) is 0 Å². The van der Waals surface area contributed by atoms with E-state index in [1.807, 2.05) is 12.1 Å². The highest BCUT2D eigenvalue weighted by molar-refractivity contribution is 5.99. The molecule has 0 saturated heterocycles. The monoisotopic (exact) mass is 341 g/mol. The topological polar surface area (TPSA) is 52.3 Å². The second kappa shape index (κ2) is 7.23. The van der Waals surface area contributed by atoms with Crippen molar-refractivity contribution >= 4 is 17.0 Å². The summed E-state index contributed by atoms with van der Waals surface area (Å²) in [5.41, 5.74) is 10.5. The number of nitrogens with two attached hydrogens (primary N) is 1. The number of anilines is 1. The molecule has 2 aliphatic carbocycles. The second-order valence-corrected chi connectivity index (χ2v) is 8.53. The van der Waals surface area contributed by atoms with E-state index in [-0.39, 0.29) is 11.3 Å². The molecule has 0 radical (unpaired) electrons. The lowest BCUT2D eigenvalue weighted by atomic mass is 9.71. The van der Waals surface area contributed by atoms with Gasteiger partial charge in [0, 0.05) is 5.92 Å². The Morgan fingerprint density at radius 3 is 2.48 bits per heavy atom. The van der Waals surface area contributed by atoms with Crippen molar-refractivity contribution in [1.29, 1.82) is 0 Å². The third-order valence-corrected chi connectivity index (χ3v) is 5.71. The molecule has 1 saturated carbocycles. The Morgan fingerprint density at radius 2 is 1.84 bits per heavy atom. The molecule has 2 aliphatic rings. The summed E-state index contributed by atoms with van der Waals surface area (Å²) in [6, 6.07) is 4.05. The molecule has 0 atom stereocenters. The maximum atomic E-state index is 12.9. The second-order valence-electron chi connectivity index (χ2n) is 8.53. The lowest BCUT2D eigenvalue weighted by molar-refractivity contribution is -0.118. The van der Waals surface area contributed by atoms with E-state index in [0.29, 0.717) is 11.5 Å². The Balaban J connectivity index is 1.95. The van der Waals surface area contributed by atoms with Crippen molar-refractivity contribution in [1.82, 2.24) is 0 Å². The molecule has 0 bridgehead atoms. The molecular weight excluding hydrogens is 310 g/mol. The molecule has 0 aromatic heterocycles. The third-order valence-electron chi connectivity index (χ3n) is 5.71. The smallest absolute Gasteiger partial charge is 0.159 e. The zero-order valence-electron chi connectivity index (χ0n) is 15.9. The van der Waals surface area contributed by atoms with Gasteiger partial charge in [-0.25, -0.2) is 0 Å². The maximum absolute atomic E-state index is 12.9. The third kappa shape index (κ3) is 4.08. The average molecular weight is 341 g/mol. The average Bonchev–Trinajstić information content (AvgIpc) is 2.83. The first kappa shape index (κ1) is 18.0. The number of benzene rings is 1. The highest BCUT2D eigenvalue weighted by Crippen LogP contribution is 2.44. The first-order valence-corrected chi connectivity index (χ1v) is 9.61. The van der Waals surface area contributed by atoms with Gasteiger partial charge >= 0.3 is 0 Å². The number of allylic oxidation sites excluding steroid dienone is 2. The van der Waals surface area contributed by atoms with Gasteiger partial charge in [0.2, 0.25) is 0 Å². The van der Waals surface area contributed by atoms with E-state index in [2.05, 4.69) is 19.9 Å². The number of ether oxygens (including phenoxy) is 1. The molecule has 3 heteroatoms. The molecule has 0 amide bonds. The summed E-state index contributed by atoms with van der Waals surface area (Å²) >= 11 is 0. The molecule has 1 fully saturated rings. The Bertz CT molecular complexity index is 680. The molecule has 0 spiro atoms. The van der Waals surface area contributed by atoms with Crippen LogP contribution in [0, 0.1) is 11.3 Å². The lowest BCUT2D eigenvalue weighted by Crippen LogP contribution is -2.23. The largest absolute Gasteiger partial charge is 0.495 e. The van der Waals surface area contributed by atoms with Crippen molar-refractivity contribution in [3.8, 4) is 5.75 Å². The molecule has 1 aromatic carbocycles. The fourth-order valence-corrected chi connectivity index (χ4v) is 4.43. The number of ketones is 1. The highest BCUT2D eigenvalue weighted by Gasteiger charge is 2.30. The van der Waals surface area contributed by atoms with Crippen LogP contribution in [0.25, 0.3) is 5.57 Å². The highest BCUT2D eigenvalue weighted by atomic mass is 16.5. The summed E-state index contributed by atoms with van der Waals surface area (Å²) in [4.78, 5) is 12.9. The van der Waals surface area contributed by atoms with E-state index in [1.54, 1.807) is 7.11 Å². The molecule has 0 heterocycles. The van der Waals surface area contributed by atoms with Crippen LogP contribution in [0.4, 0.5) is 5.69 Å². The van der Waals surface area contributed by atoms with Gasteiger partial charge in [-0.2, -0.15) is 0 Å². The van der Waals surface area contributed by atoms with Gasteiger partial charge in [-0.3, -0.25) is 4.79 Å². The summed E-state index contributed by atoms with van der Waals surface area (Å²) in [6.07, 6.45) is 10.8. The SMILES string of the molecule is COc1cc2c(cc1N)/C(=C/C(=O)C1CCCCCC1)CC(C)(C)C2. The van der Waals surface area contributed by atoms with Gasteiger partial charge in [-0.15, -0.1) is 0 Å². The summed E-state index contributed by atoms with van der Waals surface area (Å²) in [6.45, 7) is 4.53. The standard InChI is InChI=1S/C22H31NO2/c1-22(2)13-16(10-20(24)15-8-6-4-5-7-9-15)18-12-19(23)21(25-3)11-17(18)14-22/h10-12,15H,4-9,13-14,23H2,1-3H3/b16-10+. The van der Waals surface area contributed by atoms with E-state index in [4.69, 9.17) is 10.5 Å². The molecule has 2 N–H and O–H groups in total. The normalized spacial score (nSPS) is 22.3. The Kier molecular flexibility index (Phi) is 5.21. The van der Waals surface area contributed by atoms with Gasteiger partial charge in [-0.1, -0.05) is 39.5 Å². The predicted molar refractivity (Wildman–Crippen MR) is 104 cm³/mol. The molecule has 136 valence electrons. The Labute approximate surface area is 151 Å². The number of hydrogen-bond donors (Lipinski definition) is 1. The molecule has 1 aromatic rings. The van der Waals surface area contributed by atoms with E-state index < -0.39 is 0 Å².